The highest BCUT2D eigenvalue weighted by Gasteiger charge is 2.21. The molecule has 0 amide bonds. The van der Waals surface area contributed by atoms with Crippen LogP contribution in [0.4, 0.5) is 0 Å². The van der Waals surface area contributed by atoms with Crippen molar-refractivity contribution in [2.45, 2.75) is 45.2 Å². The Morgan fingerprint density at radius 1 is 0.556 bits per heavy atom. The maximum atomic E-state index is 11.8. The monoisotopic (exact) mass is 528 g/mol. The van der Waals surface area contributed by atoms with E-state index >= 15 is 0 Å². The first-order valence-corrected chi connectivity index (χ1v) is 11.5. The van der Waals surface area contributed by atoms with Crippen molar-refractivity contribution in [1.82, 2.24) is 0 Å². The van der Waals surface area contributed by atoms with Gasteiger partial charge in [0, 0.05) is 27.5 Å². The number of hydrogen-bond acceptors (Lipinski definition) is 11. The normalized spacial score (nSPS) is 12.9. The molecule has 0 heterocycles. The number of hydrogen-bond donors (Lipinski definition) is 1. The summed E-state index contributed by atoms with van der Waals surface area (Å²) in [5.74, 6) is -2.54. The predicted octanol–water partition coefficient (Wildman–Crippen LogP) is 2.53. The Kier molecular flexibility index (Phi) is 16.1. The third-order valence-corrected chi connectivity index (χ3v) is 4.27. The zero-order chi connectivity index (χ0) is 27.8. The number of carbonyl (C=O) groups excluding carboxylic acids is 4. The third kappa shape index (κ3) is 15.2. The van der Waals surface area contributed by atoms with Gasteiger partial charge in [-0.05, 0) is 27.7 Å². The first kappa shape index (κ1) is 33.1. The van der Waals surface area contributed by atoms with E-state index in [0.29, 0.717) is 0 Å². The summed E-state index contributed by atoms with van der Waals surface area (Å²) in [5.41, 5.74) is 0.773. The number of thiol groups is 1. The van der Waals surface area contributed by atoms with Gasteiger partial charge in [-0.25, -0.2) is 19.2 Å². The molecule has 0 aromatic rings. The average Bonchev–Trinajstić information content (AvgIpc) is 2.79. The fourth-order valence-electron chi connectivity index (χ4n) is 2.04. The molecule has 0 aliphatic carbocycles. The summed E-state index contributed by atoms with van der Waals surface area (Å²) in [6.45, 7) is 19.6. The summed E-state index contributed by atoms with van der Waals surface area (Å²) in [4.78, 5) is 46.9. The van der Waals surface area contributed by atoms with E-state index in [2.05, 4.69) is 38.9 Å². The van der Waals surface area contributed by atoms with Gasteiger partial charge in [-0.1, -0.05) is 26.3 Å². The van der Waals surface area contributed by atoms with E-state index in [0.717, 1.165) is 0 Å². The first-order valence-electron chi connectivity index (χ1n) is 11.0. The smallest absolute Gasteiger partial charge is 0.333 e. The minimum absolute atomic E-state index is 0.0742. The molecule has 10 nitrogen and oxygen atoms in total. The summed E-state index contributed by atoms with van der Waals surface area (Å²) in [5, 5.41) is -0.407. The second-order valence-corrected chi connectivity index (χ2v) is 8.83. The Bertz CT molecular complexity index is 780. The lowest BCUT2D eigenvalue weighted by Gasteiger charge is -2.21. The van der Waals surface area contributed by atoms with Crippen LogP contribution >= 0.6 is 12.6 Å². The van der Waals surface area contributed by atoms with Gasteiger partial charge in [0.15, 0.2) is 12.2 Å². The Labute approximate surface area is 217 Å². The minimum atomic E-state index is -0.868. The standard InChI is InChI=1S/C25H36O10S/c1-15(2)22(26)32-11-19(34-24(28)17(5)6)9-30-13-21(36)14-31-10-20(35-25(29)18(7)8)12-33-23(27)16(3)4/h19-21,36H,1,3,5,7,9-14H2,2,4,6,8H3. The Hall–Kier alpha value is -2.89. The van der Waals surface area contributed by atoms with Gasteiger partial charge >= 0.3 is 23.9 Å². The SMILES string of the molecule is C=C(C)C(=O)OCC(COCC(S)COCC(COC(=O)C(=C)C)OC(=O)C(=C)C)OC(=O)C(=C)C. The molecule has 0 rings (SSSR count). The average molecular weight is 529 g/mol. The van der Waals surface area contributed by atoms with Crippen LogP contribution in [0.25, 0.3) is 0 Å². The van der Waals surface area contributed by atoms with Gasteiger partial charge in [-0.2, -0.15) is 12.6 Å². The summed E-state index contributed by atoms with van der Waals surface area (Å²) in [6, 6.07) is 0. The van der Waals surface area contributed by atoms with E-state index < -0.39 is 41.3 Å². The van der Waals surface area contributed by atoms with Crippen LogP contribution in [0.5, 0.6) is 0 Å². The number of carbonyl (C=O) groups is 4. The van der Waals surface area contributed by atoms with Crippen molar-refractivity contribution in [3.63, 3.8) is 0 Å². The Morgan fingerprint density at radius 2 is 0.861 bits per heavy atom. The number of esters is 4. The molecule has 0 fully saturated rings. The molecule has 0 aliphatic heterocycles. The molecular formula is C25H36O10S. The quantitative estimate of drug-likeness (QED) is 0.123. The fourth-order valence-corrected chi connectivity index (χ4v) is 2.25. The lowest BCUT2D eigenvalue weighted by Crippen LogP contribution is -2.32. The molecule has 11 heteroatoms. The number of ether oxygens (including phenoxy) is 6. The largest absolute Gasteiger partial charge is 0.458 e. The molecule has 0 N–H and O–H groups in total. The van der Waals surface area contributed by atoms with Gasteiger partial charge < -0.3 is 28.4 Å². The van der Waals surface area contributed by atoms with Crippen LogP contribution in [0.3, 0.4) is 0 Å². The van der Waals surface area contributed by atoms with Crippen molar-refractivity contribution in [2.75, 3.05) is 39.6 Å². The molecule has 0 spiro atoms. The van der Waals surface area contributed by atoms with Crippen molar-refractivity contribution >= 4 is 36.5 Å². The summed E-state index contributed by atoms with van der Waals surface area (Å²) in [7, 11) is 0. The van der Waals surface area contributed by atoms with Gasteiger partial charge in [0.05, 0.1) is 26.4 Å². The molecule has 0 saturated heterocycles. The second-order valence-electron chi connectivity index (χ2n) is 8.10. The first-order chi connectivity index (χ1) is 16.7. The molecule has 0 aliphatic rings. The van der Waals surface area contributed by atoms with Crippen LogP contribution in [0, 0.1) is 0 Å². The summed E-state index contributed by atoms with van der Waals surface area (Å²) < 4.78 is 31.6. The zero-order valence-corrected chi connectivity index (χ0v) is 22.2. The van der Waals surface area contributed by atoms with Crippen LogP contribution in [-0.4, -0.2) is 81.0 Å². The van der Waals surface area contributed by atoms with E-state index in [1.54, 1.807) is 0 Å². The van der Waals surface area contributed by atoms with Crippen LogP contribution in [0.2, 0.25) is 0 Å². The van der Waals surface area contributed by atoms with Crippen molar-refractivity contribution < 1.29 is 47.6 Å². The highest BCUT2D eigenvalue weighted by Crippen LogP contribution is 2.07. The highest BCUT2D eigenvalue weighted by atomic mass is 32.1. The lowest BCUT2D eigenvalue weighted by atomic mass is 10.3. The zero-order valence-electron chi connectivity index (χ0n) is 21.3. The highest BCUT2D eigenvalue weighted by molar-refractivity contribution is 7.81. The molecule has 202 valence electrons. The minimum Gasteiger partial charge on any atom is -0.458 e. The van der Waals surface area contributed by atoms with E-state index in [9.17, 15) is 19.2 Å². The van der Waals surface area contributed by atoms with Crippen LogP contribution in [-0.2, 0) is 47.6 Å². The number of rotatable bonds is 18. The third-order valence-electron chi connectivity index (χ3n) is 3.97. The van der Waals surface area contributed by atoms with Crippen molar-refractivity contribution in [3.8, 4) is 0 Å². The Morgan fingerprint density at radius 3 is 1.14 bits per heavy atom. The van der Waals surface area contributed by atoms with E-state index in [-0.39, 0.29) is 61.9 Å². The molecular weight excluding hydrogens is 492 g/mol. The molecule has 36 heavy (non-hydrogen) atoms. The molecule has 0 saturated carbocycles. The Balaban J connectivity index is 4.69. The van der Waals surface area contributed by atoms with Crippen LogP contribution in [0.15, 0.2) is 48.6 Å². The fraction of sp³-hybridized carbons (Fsp3) is 0.520. The molecule has 2 unspecified atom stereocenters. The molecule has 0 aromatic heterocycles. The van der Waals surface area contributed by atoms with Gasteiger partial charge in [-0.3, -0.25) is 0 Å². The lowest BCUT2D eigenvalue weighted by molar-refractivity contribution is -0.158. The second kappa shape index (κ2) is 17.5. The molecule has 0 bridgehead atoms. The van der Waals surface area contributed by atoms with Crippen molar-refractivity contribution in [2.24, 2.45) is 0 Å². The van der Waals surface area contributed by atoms with Gasteiger partial charge in [0.2, 0.25) is 0 Å². The van der Waals surface area contributed by atoms with Crippen LogP contribution in [0.1, 0.15) is 27.7 Å². The molecule has 0 radical (unpaired) electrons. The van der Waals surface area contributed by atoms with Crippen molar-refractivity contribution in [3.05, 3.63) is 48.6 Å². The summed E-state index contributed by atoms with van der Waals surface area (Å²) >= 11 is 4.38. The predicted molar refractivity (Wildman–Crippen MR) is 135 cm³/mol. The van der Waals surface area contributed by atoms with Gasteiger partial charge in [0.1, 0.15) is 13.2 Å². The molecule has 0 aromatic carbocycles. The molecule has 2 atom stereocenters. The maximum absolute atomic E-state index is 11.8. The maximum Gasteiger partial charge on any atom is 0.333 e. The summed E-state index contributed by atoms with van der Waals surface area (Å²) in [6.07, 6.45) is -1.74. The van der Waals surface area contributed by atoms with Crippen LogP contribution < -0.4 is 0 Å². The van der Waals surface area contributed by atoms with Gasteiger partial charge in [-0.15, -0.1) is 0 Å². The van der Waals surface area contributed by atoms with E-state index in [1.807, 2.05) is 0 Å². The topological polar surface area (TPSA) is 124 Å². The van der Waals surface area contributed by atoms with E-state index in [4.69, 9.17) is 28.4 Å². The van der Waals surface area contributed by atoms with Gasteiger partial charge in [0.25, 0.3) is 0 Å². The van der Waals surface area contributed by atoms with E-state index in [1.165, 1.54) is 27.7 Å². The van der Waals surface area contributed by atoms with Crippen molar-refractivity contribution in [1.29, 1.82) is 0 Å².